The second-order valence-corrected chi connectivity index (χ2v) is 5.59. The molecule has 0 aliphatic heterocycles. The van der Waals surface area contributed by atoms with Crippen LogP contribution in [0.15, 0.2) is 42.5 Å². The number of carbonyl (C=O) groups excluding carboxylic acids is 1. The first kappa shape index (κ1) is 15.5. The van der Waals surface area contributed by atoms with Crippen molar-refractivity contribution in [1.29, 1.82) is 0 Å². The lowest BCUT2D eigenvalue weighted by Crippen LogP contribution is -2.18. The van der Waals surface area contributed by atoms with Crippen molar-refractivity contribution in [2.45, 2.75) is 26.4 Å². The van der Waals surface area contributed by atoms with Crippen LogP contribution >= 0.6 is 11.6 Å². The molecule has 2 aromatic carbocycles. The van der Waals surface area contributed by atoms with Crippen LogP contribution in [0, 0.1) is 6.92 Å². The monoisotopic (exact) mass is 302 g/mol. The van der Waals surface area contributed by atoms with Gasteiger partial charge in [0.05, 0.1) is 0 Å². The second-order valence-electron chi connectivity index (χ2n) is 5.19. The normalized spacial score (nSPS) is 12.1. The number of primary amides is 1. The summed E-state index contributed by atoms with van der Waals surface area (Å²) < 4.78 is 0. The maximum atomic E-state index is 11.1. The fraction of sp³-hybridized carbons (Fsp3) is 0.235. The molecule has 0 spiro atoms. The number of benzene rings is 2. The van der Waals surface area contributed by atoms with Gasteiger partial charge in [0.2, 0.25) is 5.91 Å². The predicted octanol–water partition coefficient (Wildman–Crippen LogP) is 3.60. The highest BCUT2D eigenvalue weighted by Crippen LogP contribution is 2.20. The Balaban J connectivity index is 2.04. The molecule has 3 N–H and O–H groups in total. The molecule has 1 atom stereocenters. The number of hydrogen-bond donors (Lipinski definition) is 2. The van der Waals surface area contributed by atoms with Gasteiger partial charge in [-0.2, -0.15) is 0 Å². The van der Waals surface area contributed by atoms with Gasteiger partial charge < -0.3 is 11.1 Å². The van der Waals surface area contributed by atoms with Gasteiger partial charge in [0.25, 0.3) is 0 Å². The van der Waals surface area contributed by atoms with E-state index in [1.165, 1.54) is 11.1 Å². The van der Waals surface area contributed by atoms with Crippen molar-refractivity contribution in [3.8, 4) is 0 Å². The van der Waals surface area contributed by atoms with Crippen molar-refractivity contribution in [3.63, 3.8) is 0 Å². The number of nitrogens with one attached hydrogen (secondary N) is 1. The van der Waals surface area contributed by atoms with Gasteiger partial charge in [0, 0.05) is 23.2 Å². The van der Waals surface area contributed by atoms with E-state index in [4.69, 9.17) is 17.3 Å². The molecule has 0 bridgehead atoms. The molecule has 4 heteroatoms. The minimum absolute atomic E-state index is 0.219. The molecule has 0 aliphatic rings. The molecule has 0 heterocycles. The Morgan fingerprint density at radius 1 is 1.29 bits per heavy atom. The quantitative estimate of drug-likeness (QED) is 0.886. The molecule has 2 aromatic rings. The van der Waals surface area contributed by atoms with Crippen LogP contribution in [0.2, 0.25) is 5.02 Å². The topological polar surface area (TPSA) is 55.1 Å². The summed E-state index contributed by atoms with van der Waals surface area (Å²) in [6, 6.07) is 13.8. The number of nitrogens with two attached hydrogens (primary N) is 1. The van der Waals surface area contributed by atoms with Crippen LogP contribution in [0.25, 0.3) is 0 Å². The summed E-state index contributed by atoms with van der Waals surface area (Å²) >= 11 is 6.18. The molecular weight excluding hydrogens is 284 g/mol. The lowest BCUT2D eigenvalue weighted by molar-refractivity contribution is 0.100. The average molecular weight is 303 g/mol. The molecule has 0 aromatic heterocycles. The van der Waals surface area contributed by atoms with Crippen molar-refractivity contribution in [3.05, 3.63) is 69.7 Å². The molecule has 110 valence electrons. The molecule has 3 nitrogen and oxygen atoms in total. The zero-order valence-corrected chi connectivity index (χ0v) is 12.9. The first-order valence-electron chi connectivity index (χ1n) is 6.85. The Labute approximate surface area is 130 Å². The summed E-state index contributed by atoms with van der Waals surface area (Å²) in [4.78, 5) is 11.1. The van der Waals surface area contributed by atoms with Gasteiger partial charge >= 0.3 is 0 Å². The lowest BCUT2D eigenvalue weighted by Gasteiger charge is -2.15. The van der Waals surface area contributed by atoms with Gasteiger partial charge in [-0.25, -0.2) is 0 Å². The summed E-state index contributed by atoms with van der Waals surface area (Å²) in [6.45, 7) is 4.82. The van der Waals surface area contributed by atoms with E-state index in [1.54, 1.807) is 12.1 Å². The van der Waals surface area contributed by atoms with Gasteiger partial charge in [-0.3, -0.25) is 4.79 Å². The van der Waals surface area contributed by atoms with E-state index in [2.05, 4.69) is 43.4 Å². The third-order valence-corrected chi connectivity index (χ3v) is 3.83. The highest BCUT2D eigenvalue weighted by Gasteiger charge is 2.08. The smallest absolute Gasteiger partial charge is 0.248 e. The van der Waals surface area contributed by atoms with Gasteiger partial charge in [-0.1, -0.05) is 47.5 Å². The molecule has 0 saturated carbocycles. The van der Waals surface area contributed by atoms with Crippen LogP contribution in [-0.4, -0.2) is 5.91 Å². The van der Waals surface area contributed by atoms with E-state index in [1.807, 2.05) is 6.07 Å². The molecule has 0 unspecified atom stereocenters. The van der Waals surface area contributed by atoms with Crippen LogP contribution in [0.4, 0.5) is 0 Å². The van der Waals surface area contributed by atoms with Gasteiger partial charge in [-0.05, 0) is 37.1 Å². The zero-order chi connectivity index (χ0) is 15.4. The minimum Gasteiger partial charge on any atom is -0.366 e. The third-order valence-electron chi connectivity index (χ3n) is 3.48. The molecule has 0 radical (unpaired) electrons. The highest BCUT2D eigenvalue weighted by atomic mass is 35.5. The van der Waals surface area contributed by atoms with Crippen molar-refractivity contribution in [1.82, 2.24) is 5.32 Å². The zero-order valence-electron chi connectivity index (χ0n) is 12.2. The Morgan fingerprint density at radius 3 is 2.67 bits per heavy atom. The number of aryl methyl sites for hydroxylation is 1. The lowest BCUT2D eigenvalue weighted by atomic mass is 10.1. The number of halogens is 1. The maximum absolute atomic E-state index is 11.1. The first-order valence-corrected chi connectivity index (χ1v) is 7.23. The standard InChI is InChI=1S/C17H19ClN2O/c1-11-4-3-5-13(8-11)12(2)20-10-15-7-6-14(17(19)21)9-16(15)18/h3-9,12,20H,10H2,1-2H3,(H2,19,21)/t12-/m0/s1. The van der Waals surface area contributed by atoms with Gasteiger partial charge in [0.15, 0.2) is 0 Å². The molecule has 21 heavy (non-hydrogen) atoms. The fourth-order valence-electron chi connectivity index (χ4n) is 2.16. The van der Waals surface area contributed by atoms with Crippen LogP contribution in [0.5, 0.6) is 0 Å². The molecule has 0 saturated heterocycles. The minimum atomic E-state index is -0.468. The Bertz CT molecular complexity index is 655. The number of rotatable bonds is 5. The summed E-state index contributed by atoms with van der Waals surface area (Å²) in [5.41, 5.74) is 9.08. The number of amides is 1. The van der Waals surface area contributed by atoms with E-state index >= 15 is 0 Å². The summed E-state index contributed by atoms with van der Waals surface area (Å²) in [5, 5.41) is 3.98. The molecule has 0 fully saturated rings. The van der Waals surface area contributed by atoms with E-state index in [-0.39, 0.29) is 6.04 Å². The maximum Gasteiger partial charge on any atom is 0.248 e. The number of carbonyl (C=O) groups is 1. The number of hydrogen-bond acceptors (Lipinski definition) is 2. The molecular formula is C17H19ClN2O. The molecule has 1 amide bonds. The van der Waals surface area contributed by atoms with E-state index < -0.39 is 5.91 Å². The average Bonchev–Trinajstić information content (AvgIpc) is 2.45. The van der Waals surface area contributed by atoms with E-state index in [9.17, 15) is 4.79 Å². The van der Waals surface area contributed by atoms with Crippen molar-refractivity contribution in [2.24, 2.45) is 5.73 Å². The fourth-order valence-corrected chi connectivity index (χ4v) is 2.41. The Hall–Kier alpha value is -1.84. The Morgan fingerprint density at radius 2 is 2.05 bits per heavy atom. The van der Waals surface area contributed by atoms with Crippen molar-refractivity contribution in [2.75, 3.05) is 0 Å². The van der Waals surface area contributed by atoms with Crippen LogP contribution in [0.3, 0.4) is 0 Å². The first-order chi connectivity index (χ1) is 9.97. The van der Waals surface area contributed by atoms with E-state index in [0.717, 1.165) is 5.56 Å². The summed E-state index contributed by atoms with van der Waals surface area (Å²) in [7, 11) is 0. The Kier molecular flexibility index (Phi) is 4.99. The van der Waals surface area contributed by atoms with Gasteiger partial charge in [-0.15, -0.1) is 0 Å². The third kappa shape index (κ3) is 4.06. The van der Waals surface area contributed by atoms with Crippen LogP contribution in [-0.2, 0) is 6.54 Å². The largest absolute Gasteiger partial charge is 0.366 e. The van der Waals surface area contributed by atoms with Crippen LogP contribution in [0.1, 0.15) is 40.0 Å². The molecule has 2 rings (SSSR count). The van der Waals surface area contributed by atoms with Crippen molar-refractivity contribution < 1.29 is 4.79 Å². The summed E-state index contributed by atoms with van der Waals surface area (Å²) in [5.74, 6) is -0.468. The van der Waals surface area contributed by atoms with Gasteiger partial charge in [0.1, 0.15) is 0 Å². The molecule has 0 aliphatic carbocycles. The SMILES string of the molecule is Cc1cccc([C@H](C)NCc2ccc(C(N)=O)cc2Cl)c1. The predicted molar refractivity (Wildman–Crippen MR) is 86.4 cm³/mol. The van der Waals surface area contributed by atoms with Crippen LogP contribution < -0.4 is 11.1 Å². The van der Waals surface area contributed by atoms with Crippen molar-refractivity contribution >= 4 is 17.5 Å². The van der Waals surface area contributed by atoms with E-state index in [0.29, 0.717) is 17.1 Å². The summed E-state index contributed by atoms with van der Waals surface area (Å²) in [6.07, 6.45) is 0. The second kappa shape index (κ2) is 6.74. The highest BCUT2D eigenvalue weighted by molar-refractivity contribution is 6.31.